The summed E-state index contributed by atoms with van der Waals surface area (Å²) in [4.78, 5) is 12.4. The fraction of sp³-hybridized carbons (Fsp3) is 0.300. The molecule has 1 aromatic carbocycles. The van der Waals surface area contributed by atoms with Crippen molar-refractivity contribution in [3.05, 3.63) is 27.7 Å². The SMILES string of the molecule is O=C(O)c1cc(Cl)cc(N(CCCl)CS(=O)[O-])c1Cl. The Labute approximate surface area is 127 Å². The summed E-state index contributed by atoms with van der Waals surface area (Å²) in [5.74, 6) is -1.45. The first-order valence-corrected chi connectivity index (χ1v) is 7.49. The molecule has 0 spiro atoms. The monoisotopic (exact) mass is 344 g/mol. The number of nitrogens with zero attached hydrogens (tertiary/aromatic N) is 1. The molecular formula is C10H9Cl3NO4S-. The van der Waals surface area contributed by atoms with E-state index >= 15 is 0 Å². The van der Waals surface area contributed by atoms with E-state index in [1.54, 1.807) is 0 Å². The van der Waals surface area contributed by atoms with Crippen LogP contribution in [0.5, 0.6) is 0 Å². The molecule has 9 heteroatoms. The van der Waals surface area contributed by atoms with Crippen molar-refractivity contribution in [1.82, 2.24) is 0 Å². The average molecular weight is 346 g/mol. The Balaban J connectivity index is 3.29. The van der Waals surface area contributed by atoms with Gasteiger partial charge in [0.25, 0.3) is 0 Å². The van der Waals surface area contributed by atoms with Gasteiger partial charge in [-0.1, -0.05) is 23.2 Å². The number of halogens is 3. The third kappa shape index (κ3) is 4.50. The minimum atomic E-state index is -2.36. The number of hydrogen-bond acceptors (Lipinski definition) is 4. The molecular weight excluding hydrogens is 337 g/mol. The van der Waals surface area contributed by atoms with Crippen molar-refractivity contribution in [2.75, 3.05) is 23.2 Å². The van der Waals surface area contributed by atoms with Crippen LogP contribution in [-0.2, 0) is 11.1 Å². The predicted octanol–water partition coefficient (Wildman–Crippen LogP) is 2.57. The zero-order chi connectivity index (χ0) is 14.6. The molecule has 1 rings (SSSR count). The van der Waals surface area contributed by atoms with Crippen LogP contribution in [0.2, 0.25) is 10.0 Å². The lowest BCUT2D eigenvalue weighted by molar-refractivity contribution is 0.0697. The van der Waals surface area contributed by atoms with Gasteiger partial charge in [0, 0.05) is 17.4 Å². The molecule has 0 saturated heterocycles. The summed E-state index contributed by atoms with van der Waals surface area (Å²) in [7, 11) is 0. The number of carboxylic acids is 1. The Morgan fingerprint density at radius 1 is 1.42 bits per heavy atom. The maximum absolute atomic E-state index is 11.0. The van der Waals surface area contributed by atoms with Crippen molar-refractivity contribution < 1.29 is 18.7 Å². The van der Waals surface area contributed by atoms with Gasteiger partial charge in [-0.2, -0.15) is 0 Å². The van der Waals surface area contributed by atoms with Crippen LogP contribution in [0.4, 0.5) is 5.69 Å². The second kappa shape index (κ2) is 7.31. The lowest BCUT2D eigenvalue weighted by Crippen LogP contribution is -2.29. The molecule has 0 saturated carbocycles. The molecule has 0 heterocycles. The van der Waals surface area contributed by atoms with Gasteiger partial charge in [0.2, 0.25) is 0 Å². The molecule has 19 heavy (non-hydrogen) atoms. The van der Waals surface area contributed by atoms with E-state index in [0.717, 1.165) is 0 Å². The van der Waals surface area contributed by atoms with Gasteiger partial charge in [-0.05, 0) is 23.2 Å². The van der Waals surface area contributed by atoms with Crippen molar-refractivity contribution in [2.45, 2.75) is 0 Å². The second-order valence-electron chi connectivity index (χ2n) is 3.48. The number of carbonyl (C=O) groups is 1. The molecule has 1 N–H and O–H groups in total. The summed E-state index contributed by atoms with van der Waals surface area (Å²) in [5.41, 5.74) is 0.0248. The third-order valence-corrected chi connectivity index (χ3v) is 3.51. The van der Waals surface area contributed by atoms with Crippen molar-refractivity contribution in [3.63, 3.8) is 0 Å². The van der Waals surface area contributed by atoms with E-state index in [1.807, 2.05) is 0 Å². The molecule has 0 bridgehead atoms. The Morgan fingerprint density at radius 2 is 2.05 bits per heavy atom. The van der Waals surface area contributed by atoms with Crippen LogP contribution >= 0.6 is 34.8 Å². The van der Waals surface area contributed by atoms with E-state index in [9.17, 15) is 13.6 Å². The highest BCUT2D eigenvalue weighted by Gasteiger charge is 2.18. The van der Waals surface area contributed by atoms with Crippen molar-refractivity contribution in [1.29, 1.82) is 0 Å². The first-order chi connectivity index (χ1) is 8.86. The Kier molecular flexibility index (Phi) is 6.35. The molecule has 1 unspecified atom stereocenters. The zero-order valence-corrected chi connectivity index (χ0v) is 12.5. The summed E-state index contributed by atoms with van der Waals surface area (Å²) in [6, 6.07) is 2.60. The summed E-state index contributed by atoms with van der Waals surface area (Å²) >= 11 is 15.0. The maximum Gasteiger partial charge on any atom is 0.337 e. The summed E-state index contributed by atoms with van der Waals surface area (Å²) in [5, 5.41) is 9.07. The number of alkyl halides is 1. The number of benzene rings is 1. The third-order valence-electron chi connectivity index (χ3n) is 2.20. The van der Waals surface area contributed by atoms with Crippen LogP contribution in [0.15, 0.2) is 12.1 Å². The molecule has 0 aliphatic heterocycles. The van der Waals surface area contributed by atoms with Gasteiger partial charge in [0.15, 0.2) is 0 Å². The van der Waals surface area contributed by atoms with Gasteiger partial charge in [0.1, 0.15) is 0 Å². The Morgan fingerprint density at radius 3 is 2.53 bits per heavy atom. The number of rotatable bonds is 6. The van der Waals surface area contributed by atoms with Crippen LogP contribution < -0.4 is 4.90 Å². The molecule has 0 fully saturated rings. The van der Waals surface area contributed by atoms with Gasteiger partial charge in [-0.3, -0.25) is 4.21 Å². The Hall–Kier alpha value is -0.530. The molecule has 0 aliphatic carbocycles. The van der Waals surface area contributed by atoms with E-state index < -0.39 is 17.0 Å². The van der Waals surface area contributed by atoms with E-state index in [-0.39, 0.29) is 39.6 Å². The highest BCUT2D eigenvalue weighted by molar-refractivity contribution is 7.79. The van der Waals surface area contributed by atoms with Crippen LogP contribution in [0.25, 0.3) is 0 Å². The molecule has 1 aromatic rings. The van der Waals surface area contributed by atoms with E-state index in [1.165, 1.54) is 17.0 Å². The minimum Gasteiger partial charge on any atom is -0.771 e. The van der Waals surface area contributed by atoms with Crippen LogP contribution in [-0.4, -0.2) is 38.1 Å². The average Bonchev–Trinajstić information content (AvgIpc) is 2.30. The van der Waals surface area contributed by atoms with Crippen LogP contribution in [0.3, 0.4) is 0 Å². The lowest BCUT2D eigenvalue weighted by atomic mass is 10.2. The fourth-order valence-corrected chi connectivity index (χ4v) is 2.69. The van der Waals surface area contributed by atoms with Gasteiger partial charge in [0.05, 0.1) is 22.2 Å². The lowest BCUT2D eigenvalue weighted by Gasteiger charge is -2.26. The normalized spacial score (nSPS) is 12.2. The largest absolute Gasteiger partial charge is 0.771 e. The number of carboxylic acid groups (broad SMARTS) is 1. The molecule has 5 nitrogen and oxygen atoms in total. The molecule has 0 radical (unpaired) electrons. The molecule has 0 amide bonds. The molecule has 106 valence electrons. The van der Waals surface area contributed by atoms with Gasteiger partial charge in [-0.15, -0.1) is 11.6 Å². The smallest absolute Gasteiger partial charge is 0.337 e. The number of aromatic carboxylic acids is 1. The van der Waals surface area contributed by atoms with Crippen molar-refractivity contribution in [2.24, 2.45) is 0 Å². The van der Waals surface area contributed by atoms with Gasteiger partial charge >= 0.3 is 5.97 Å². The highest BCUT2D eigenvalue weighted by Crippen LogP contribution is 2.33. The van der Waals surface area contributed by atoms with Crippen molar-refractivity contribution >= 4 is 57.5 Å². The highest BCUT2D eigenvalue weighted by atomic mass is 35.5. The molecule has 1 atom stereocenters. The van der Waals surface area contributed by atoms with Gasteiger partial charge in [-0.25, -0.2) is 4.79 Å². The van der Waals surface area contributed by atoms with Crippen molar-refractivity contribution in [3.8, 4) is 0 Å². The summed E-state index contributed by atoms with van der Waals surface area (Å²) < 4.78 is 21.6. The topological polar surface area (TPSA) is 80.7 Å². The van der Waals surface area contributed by atoms with E-state index in [0.29, 0.717) is 0 Å². The van der Waals surface area contributed by atoms with Crippen LogP contribution in [0.1, 0.15) is 10.4 Å². The first kappa shape index (κ1) is 16.5. The number of anilines is 1. The maximum atomic E-state index is 11.0. The Bertz CT molecular complexity index is 512. The second-order valence-corrected chi connectivity index (χ2v) is 5.53. The van der Waals surface area contributed by atoms with E-state index in [2.05, 4.69) is 0 Å². The standard InChI is InChI=1S/C10H10Cl3NO4S/c11-1-2-14(5-19(17)18)8-4-6(12)3-7(9(8)13)10(15)16/h3-4H,1-2,5H2,(H,15,16)(H,17,18)/p-1. The minimum absolute atomic E-state index is 0.0764. The zero-order valence-electron chi connectivity index (χ0n) is 9.44. The number of hydrogen-bond donors (Lipinski definition) is 1. The predicted molar refractivity (Wildman–Crippen MR) is 75.3 cm³/mol. The first-order valence-electron chi connectivity index (χ1n) is 4.96. The van der Waals surface area contributed by atoms with Gasteiger partial charge < -0.3 is 14.6 Å². The fourth-order valence-electron chi connectivity index (χ4n) is 1.44. The molecule has 0 aromatic heterocycles. The van der Waals surface area contributed by atoms with E-state index in [4.69, 9.17) is 39.9 Å². The summed E-state index contributed by atoms with van der Waals surface area (Å²) in [6.07, 6.45) is 0. The van der Waals surface area contributed by atoms with Crippen LogP contribution in [0, 0.1) is 0 Å². The quantitative estimate of drug-likeness (QED) is 0.633. The molecule has 0 aliphatic rings. The summed E-state index contributed by atoms with van der Waals surface area (Å²) in [6.45, 7) is 0.189.